The first-order chi connectivity index (χ1) is 24.3. The van der Waals surface area contributed by atoms with E-state index >= 15 is 0 Å². The molecule has 282 valence electrons. The minimum Gasteiger partial charge on any atom is -0.444 e. The van der Waals surface area contributed by atoms with Crippen molar-refractivity contribution >= 4 is 71.2 Å². The van der Waals surface area contributed by atoms with E-state index in [1.807, 2.05) is 43.7 Å². The highest BCUT2D eigenvalue weighted by Crippen LogP contribution is 2.41. The van der Waals surface area contributed by atoms with Crippen LogP contribution in [0.4, 0.5) is 10.7 Å². The maximum Gasteiger partial charge on any atom is 0.410 e. The molecule has 2 unspecified atom stereocenters. The summed E-state index contributed by atoms with van der Waals surface area (Å²) in [5, 5.41) is 6.26. The molecule has 6 rings (SSSR count). The fourth-order valence-electron chi connectivity index (χ4n) is 7.01. The Morgan fingerprint density at radius 3 is 2.33 bits per heavy atom. The Bertz CT molecular complexity index is 2070. The Balaban J connectivity index is 1.41. The van der Waals surface area contributed by atoms with Gasteiger partial charge in [-0.1, -0.05) is 48.9 Å². The predicted octanol–water partition coefficient (Wildman–Crippen LogP) is 6.44. The molecule has 2 saturated heterocycles. The molecular weight excluding hydrogens is 723 g/mol. The van der Waals surface area contributed by atoms with Crippen LogP contribution in [0.25, 0.3) is 33.1 Å². The van der Waals surface area contributed by atoms with Crippen molar-refractivity contribution in [1.82, 2.24) is 33.7 Å². The van der Waals surface area contributed by atoms with Gasteiger partial charge in [0.05, 0.1) is 39.9 Å². The number of hydrogen-bond acceptors (Lipinski definition) is 8. The molecule has 4 aromatic rings. The second kappa shape index (κ2) is 14.3. The van der Waals surface area contributed by atoms with Gasteiger partial charge < -0.3 is 28.7 Å². The van der Waals surface area contributed by atoms with Gasteiger partial charge in [-0.3, -0.25) is 18.8 Å². The Morgan fingerprint density at radius 2 is 1.71 bits per heavy atom. The smallest absolute Gasteiger partial charge is 0.410 e. The molecule has 0 N–H and O–H groups in total. The summed E-state index contributed by atoms with van der Waals surface area (Å²) in [6, 6.07) is 4.64. The predicted molar refractivity (Wildman–Crippen MR) is 208 cm³/mol. The summed E-state index contributed by atoms with van der Waals surface area (Å²) in [5.41, 5.74) is 1.50. The topological polar surface area (TPSA) is 120 Å². The Kier molecular flexibility index (Phi) is 10.5. The molecule has 2 bridgehead atoms. The molecule has 0 aliphatic carbocycles. The molecule has 3 aromatic heterocycles. The van der Waals surface area contributed by atoms with Gasteiger partial charge in [0.2, 0.25) is 11.9 Å². The number of ether oxygens (including phenoxy) is 2. The Hall–Kier alpha value is -3.59. The van der Waals surface area contributed by atoms with Gasteiger partial charge in [0.1, 0.15) is 17.5 Å². The monoisotopic (exact) mass is 772 g/mol. The average Bonchev–Trinajstić information content (AvgIpc) is 3.66. The van der Waals surface area contributed by atoms with E-state index in [1.54, 1.807) is 35.3 Å². The molecule has 0 saturated carbocycles. The average molecular weight is 774 g/mol. The van der Waals surface area contributed by atoms with Crippen LogP contribution < -0.4 is 10.5 Å². The van der Waals surface area contributed by atoms with Crippen molar-refractivity contribution < 1.29 is 19.1 Å². The van der Waals surface area contributed by atoms with E-state index in [9.17, 15) is 14.4 Å². The second-order valence-corrected chi connectivity index (χ2v) is 22.7. The molecule has 16 heteroatoms. The molecule has 52 heavy (non-hydrogen) atoms. The lowest BCUT2D eigenvalue weighted by Crippen LogP contribution is -2.57. The van der Waals surface area contributed by atoms with Gasteiger partial charge >= 0.3 is 6.09 Å². The highest BCUT2D eigenvalue weighted by Gasteiger charge is 2.44. The van der Waals surface area contributed by atoms with Crippen LogP contribution in [-0.2, 0) is 34.6 Å². The maximum absolute atomic E-state index is 14.5. The standard InChI is InChI=1S/C36H50Cl2N8O5Si/c1-36(2,3)51-35(49)43-18-22-10-11-23(19-43)46(22)34-39-32-28(33(48)42(34)6)25(20-44(32)21-50-16-17-52(7,8)9)24-12-13-26-29(30(24)37)31(38)45(40-26)15-14-27(47)41(4)5/h12-13,20,22-23H,10-11,14-19,21H2,1-9H3. The number of aryl methyl sites for hydroxylation is 1. The third kappa shape index (κ3) is 7.57. The number of hydrogen-bond donors (Lipinski definition) is 0. The minimum atomic E-state index is -1.34. The van der Waals surface area contributed by atoms with Crippen LogP contribution in [0.15, 0.2) is 23.1 Å². The van der Waals surface area contributed by atoms with Crippen LogP contribution in [0, 0.1) is 0 Å². The van der Waals surface area contributed by atoms with Crippen molar-refractivity contribution in [2.45, 2.75) is 96.7 Å². The fourth-order valence-corrected chi connectivity index (χ4v) is 8.48. The van der Waals surface area contributed by atoms with Gasteiger partial charge in [-0.25, -0.2) is 4.79 Å². The summed E-state index contributed by atoms with van der Waals surface area (Å²) in [7, 11) is 3.82. The number of piperazine rings is 1. The zero-order chi connectivity index (χ0) is 37.9. The number of amides is 2. The minimum absolute atomic E-state index is 0.0127. The molecule has 0 radical (unpaired) electrons. The van der Waals surface area contributed by atoms with Gasteiger partial charge in [0.25, 0.3) is 5.56 Å². The number of fused-ring (bicyclic) bond motifs is 4. The number of benzene rings is 1. The first-order valence-electron chi connectivity index (χ1n) is 17.8. The van der Waals surface area contributed by atoms with Gasteiger partial charge in [-0.05, 0) is 45.7 Å². The first kappa shape index (κ1) is 38.1. The van der Waals surface area contributed by atoms with Crippen molar-refractivity contribution in [1.29, 1.82) is 0 Å². The lowest BCUT2D eigenvalue weighted by Gasteiger charge is -2.42. The molecule has 2 atom stereocenters. The lowest BCUT2D eigenvalue weighted by molar-refractivity contribution is -0.128. The zero-order valence-corrected chi connectivity index (χ0v) is 34.1. The van der Waals surface area contributed by atoms with Crippen molar-refractivity contribution in [2.75, 3.05) is 38.7 Å². The van der Waals surface area contributed by atoms with Gasteiger partial charge in [-0.2, -0.15) is 10.1 Å². The van der Waals surface area contributed by atoms with Gasteiger partial charge in [0, 0.05) is 72.7 Å². The highest BCUT2D eigenvalue weighted by molar-refractivity contribution is 6.76. The molecule has 2 amide bonds. The normalized spacial score (nSPS) is 17.8. The maximum atomic E-state index is 14.5. The van der Waals surface area contributed by atoms with Gasteiger partial charge in [-0.15, -0.1) is 0 Å². The number of aromatic nitrogens is 5. The van der Waals surface area contributed by atoms with Crippen LogP contribution in [0.3, 0.4) is 0 Å². The molecule has 1 aromatic carbocycles. The fraction of sp³-hybridized carbons (Fsp3) is 0.583. The van der Waals surface area contributed by atoms with Crippen molar-refractivity contribution in [3.63, 3.8) is 0 Å². The molecule has 2 fully saturated rings. The zero-order valence-electron chi connectivity index (χ0n) is 31.6. The second-order valence-electron chi connectivity index (χ2n) is 16.4. The Labute approximate surface area is 315 Å². The summed E-state index contributed by atoms with van der Waals surface area (Å²) in [6.07, 6.45) is 3.54. The van der Waals surface area contributed by atoms with E-state index in [2.05, 4.69) is 29.6 Å². The molecule has 2 aliphatic heterocycles. The van der Waals surface area contributed by atoms with E-state index in [-0.39, 0.29) is 42.8 Å². The van der Waals surface area contributed by atoms with E-state index in [4.69, 9.17) is 37.7 Å². The lowest BCUT2D eigenvalue weighted by atomic mass is 10.0. The van der Waals surface area contributed by atoms with Crippen LogP contribution in [0.1, 0.15) is 40.0 Å². The number of carbonyl (C=O) groups excluding carboxylic acids is 2. The Morgan fingerprint density at radius 1 is 1.04 bits per heavy atom. The van der Waals surface area contributed by atoms with E-state index in [1.165, 1.54) is 4.90 Å². The number of carbonyl (C=O) groups is 2. The summed E-state index contributed by atoms with van der Waals surface area (Å²) in [4.78, 5) is 50.5. The van der Waals surface area contributed by atoms with Crippen LogP contribution in [-0.4, -0.2) is 105 Å². The quantitative estimate of drug-likeness (QED) is 0.134. The van der Waals surface area contributed by atoms with Crippen LogP contribution in [0.5, 0.6) is 0 Å². The third-order valence-corrected chi connectivity index (χ3v) is 12.3. The number of anilines is 1. The molecule has 5 heterocycles. The van der Waals surface area contributed by atoms with Crippen LogP contribution >= 0.6 is 23.2 Å². The first-order valence-corrected chi connectivity index (χ1v) is 22.3. The molecule has 13 nitrogen and oxygen atoms in total. The van der Waals surface area contributed by atoms with E-state index < -0.39 is 13.7 Å². The third-order valence-electron chi connectivity index (χ3n) is 9.77. The number of nitrogens with zero attached hydrogens (tertiary/aromatic N) is 8. The molecular formula is C36H50Cl2N8O5Si. The number of rotatable bonds is 10. The number of halogens is 2. The van der Waals surface area contributed by atoms with Crippen LogP contribution in [0.2, 0.25) is 35.9 Å². The SMILES string of the molecule is CN(C)C(=O)CCn1nc2ccc(-c3cn(COCC[Si](C)(C)C)c4nc(N5C6CCC5CN(C(=O)OC(C)(C)C)C6)n(C)c(=O)c34)c(Cl)c2c1Cl. The molecule has 0 spiro atoms. The largest absolute Gasteiger partial charge is 0.444 e. The van der Waals surface area contributed by atoms with E-state index in [0.717, 1.165) is 18.9 Å². The van der Waals surface area contributed by atoms with Crippen molar-refractivity contribution in [3.8, 4) is 11.1 Å². The van der Waals surface area contributed by atoms with Crippen molar-refractivity contribution in [3.05, 3.63) is 38.9 Å². The number of likely N-dealkylation sites (tertiary alicyclic amines) is 1. The summed E-state index contributed by atoms with van der Waals surface area (Å²) < 4.78 is 17.0. The highest BCUT2D eigenvalue weighted by atomic mass is 35.5. The molecule has 2 aliphatic rings. The van der Waals surface area contributed by atoms with E-state index in [0.29, 0.717) is 75.4 Å². The summed E-state index contributed by atoms with van der Waals surface area (Å²) >= 11 is 14.0. The summed E-state index contributed by atoms with van der Waals surface area (Å²) in [5.74, 6) is 0.517. The van der Waals surface area contributed by atoms with Gasteiger partial charge in [0.15, 0.2) is 5.65 Å². The van der Waals surface area contributed by atoms with Crippen molar-refractivity contribution in [2.24, 2.45) is 7.05 Å². The summed E-state index contributed by atoms with van der Waals surface area (Å²) in [6.45, 7) is 14.6.